The zero-order chi connectivity index (χ0) is 44.3. The number of hydrogen-bond donors (Lipinski definition) is 0. The zero-order valence-corrected chi connectivity index (χ0v) is 40.2. The van der Waals surface area contributed by atoms with Crippen molar-refractivity contribution in [2.45, 2.75) is 114 Å². The summed E-state index contributed by atoms with van der Waals surface area (Å²) in [5, 5.41) is 1.18. The highest BCUT2D eigenvalue weighted by molar-refractivity contribution is 8.37. The highest BCUT2D eigenvalue weighted by Gasteiger charge is 2.40. The second-order valence-electron chi connectivity index (χ2n) is 17.2. The van der Waals surface area contributed by atoms with Gasteiger partial charge in [0.1, 0.15) is 0 Å². The maximum absolute atomic E-state index is 12.1. The summed E-state index contributed by atoms with van der Waals surface area (Å²) >= 11 is 25.7. The van der Waals surface area contributed by atoms with Crippen molar-refractivity contribution in [1.29, 1.82) is 0 Å². The monoisotopic (exact) mass is 924 g/mol. The van der Waals surface area contributed by atoms with Crippen LogP contribution in [0.5, 0.6) is 0 Å². The van der Waals surface area contributed by atoms with Crippen LogP contribution in [0.4, 0.5) is 0 Å². The third kappa shape index (κ3) is 22.4. The van der Waals surface area contributed by atoms with Crippen LogP contribution in [0.15, 0.2) is 60.7 Å². The van der Waals surface area contributed by atoms with Crippen LogP contribution in [0.1, 0.15) is 113 Å². The van der Waals surface area contributed by atoms with Crippen molar-refractivity contribution in [2.75, 3.05) is 26.4 Å². The molecule has 2 heterocycles. The molecule has 0 saturated carbocycles. The van der Waals surface area contributed by atoms with Crippen molar-refractivity contribution in [1.82, 2.24) is 0 Å². The summed E-state index contributed by atoms with van der Waals surface area (Å²) in [6.07, 6.45) is 16.4. The van der Waals surface area contributed by atoms with Crippen molar-refractivity contribution in [2.24, 2.45) is 21.7 Å². The van der Waals surface area contributed by atoms with E-state index in [1.165, 1.54) is 0 Å². The number of allylic oxidation sites excluding steroid dienone is 2. The molecule has 59 heavy (non-hydrogen) atoms. The molecule has 326 valence electrons. The lowest BCUT2D eigenvalue weighted by atomic mass is 9.81. The molecule has 12 heteroatoms. The van der Waals surface area contributed by atoms with Gasteiger partial charge >= 0.3 is 0 Å². The minimum Gasteiger partial charge on any atom is -0.350 e. The van der Waals surface area contributed by atoms with E-state index in [-0.39, 0.29) is 34.7 Å². The number of ketones is 1. The lowest BCUT2D eigenvalue weighted by Crippen LogP contribution is -2.46. The van der Waals surface area contributed by atoms with Crippen LogP contribution in [0.3, 0.4) is 0 Å². The maximum atomic E-state index is 12.1. The van der Waals surface area contributed by atoms with Gasteiger partial charge in [-0.3, -0.25) is 9.59 Å². The Bertz CT molecular complexity index is 1830. The maximum Gasteiger partial charge on any atom is 0.226 e. The summed E-state index contributed by atoms with van der Waals surface area (Å²) in [7, 11) is 0.917. The minimum atomic E-state index is -0.593. The fourth-order valence-corrected chi connectivity index (χ4v) is 5.26. The first kappa shape index (κ1) is 56.8. The van der Waals surface area contributed by atoms with Gasteiger partial charge in [0.05, 0.1) is 26.4 Å². The van der Waals surface area contributed by atoms with Crippen molar-refractivity contribution in [3.8, 4) is 24.2 Å². The molecule has 0 unspecified atom stereocenters. The Balaban J connectivity index is 0.000000931. The van der Waals surface area contributed by atoms with Crippen molar-refractivity contribution in [3.05, 3.63) is 81.9 Å². The molecule has 0 atom stereocenters. The van der Waals surface area contributed by atoms with E-state index in [1.54, 1.807) is 20.8 Å². The summed E-state index contributed by atoms with van der Waals surface area (Å²) < 4.78 is 23.4. The third-order valence-corrected chi connectivity index (χ3v) is 10.1. The molecule has 4 rings (SSSR count). The van der Waals surface area contributed by atoms with E-state index >= 15 is 0 Å². The molecule has 6 nitrogen and oxygen atoms in total. The molecule has 0 bridgehead atoms. The summed E-state index contributed by atoms with van der Waals surface area (Å²) in [5.41, 5.74) is 0.725. The third-order valence-electron chi connectivity index (χ3n) is 8.82. The Kier molecular flexibility index (Phi) is 25.3. The first-order valence-electron chi connectivity index (χ1n) is 18.8. The Labute approximate surface area is 383 Å². The van der Waals surface area contributed by atoms with Gasteiger partial charge in [-0.1, -0.05) is 139 Å². The number of terminal acetylenes is 1. The molecule has 2 aromatic rings. The molecule has 2 saturated heterocycles. The summed E-state index contributed by atoms with van der Waals surface area (Å²) in [5.74, 6) is 7.43. The molecule has 0 spiro atoms. The molecule has 2 fully saturated rings. The molecular formula is C47H63Cl3O6S3. The molecule has 0 aromatic heterocycles. The average Bonchev–Trinajstić information content (AvgIpc) is 3.13. The van der Waals surface area contributed by atoms with E-state index in [2.05, 4.69) is 52.3 Å². The predicted octanol–water partition coefficient (Wildman–Crippen LogP) is 12.5. The molecule has 0 amide bonds. The number of ether oxygens (including phenoxy) is 4. The number of hydrogen-bond acceptors (Lipinski definition) is 8. The first-order valence-corrected chi connectivity index (χ1v) is 22.6. The van der Waals surface area contributed by atoms with Gasteiger partial charge in [0.15, 0.2) is 11.6 Å². The Morgan fingerprint density at radius 2 is 1.07 bits per heavy atom. The molecule has 0 aliphatic carbocycles. The predicted molar refractivity (Wildman–Crippen MR) is 256 cm³/mol. The van der Waals surface area contributed by atoms with Gasteiger partial charge in [0.25, 0.3) is 0 Å². The van der Waals surface area contributed by atoms with Crippen molar-refractivity contribution < 1.29 is 28.5 Å². The van der Waals surface area contributed by atoms with E-state index in [0.717, 1.165) is 42.9 Å². The number of Topliss-reactive ketones (excluding diaryl/α,β-unsaturated/α-hetero) is 1. The standard InChI is InChI=1S/C23H29ClO3.C18H21ClO2.C5H9ClO.CH4.S3/c1-21(2,3)20(25)13-9-15-23(16-26-22(4,5)27-17-23)14-8-11-18-10-6-7-12-19(18)24;1-4-11-18(13-20-17(2,3)21-14-18)12-7-9-15-8-5-6-10-16(15)19;1-5(2,3)4(6)7;;1-3-2/h6-8,10-12H,14-17H2,1-5H3;1,5-10H,11-14H2,2-3H3;1-3H3;1H4;/b11-8+;9-7+;;;. The van der Waals surface area contributed by atoms with Crippen molar-refractivity contribution >= 4 is 89.2 Å². The van der Waals surface area contributed by atoms with Gasteiger partial charge in [-0.2, -0.15) is 0 Å². The molecule has 0 N–H and O–H groups in total. The second kappa shape index (κ2) is 26.3. The highest BCUT2D eigenvalue weighted by Crippen LogP contribution is 2.37. The smallest absolute Gasteiger partial charge is 0.226 e. The lowest BCUT2D eigenvalue weighted by Gasteiger charge is -2.42. The van der Waals surface area contributed by atoms with Crippen LogP contribution in [0.25, 0.3) is 12.2 Å². The van der Waals surface area contributed by atoms with Crippen LogP contribution in [0, 0.1) is 45.8 Å². The fraction of sp³-hybridized carbons (Fsp3) is 0.532. The normalized spacial score (nSPS) is 17.4. The van der Waals surface area contributed by atoms with E-state index in [1.807, 2.05) is 109 Å². The van der Waals surface area contributed by atoms with Gasteiger partial charge in [-0.05, 0) is 81.3 Å². The number of benzene rings is 2. The quantitative estimate of drug-likeness (QED) is 0.147. The molecule has 2 aliphatic rings. The largest absolute Gasteiger partial charge is 0.350 e. The molecule has 2 aliphatic heterocycles. The topological polar surface area (TPSA) is 71.1 Å². The van der Waals surface area contributed by atoms with Gasteiger partial charge in [-0.15, -0.1) is 12.3 Å². The van der Waals surface area contributed by atoms with Crippen LogP contribution in [0.2, 0.25) is 10.0 Å². The zero-order valence-electron chi connectivity index (χ0n) is 35.5. The average molecular weight is 927 g/mol. The Hall–Kier alpha value is -2.25. The van der Waals surface area contributed by atoms with Gasteiger partial charge in [0.2, 0.25) is 11.0 Å². The summed E-state index contributed by atoms with van der Waals surface area (Å²) in [6.45, 7) is 20.9. The van der Waals surface area contributed by atoms with Gasteiger partial charge < -0.3 is 18.9 Å². The van der Waals surface area contributed by atoms with E-state index < -0.39 is 17.0 Å². The van der Waals surface area contributed by atoms with Crippen LogP contribution in [-0.2, 0) is 59.8 Å². The van der Waals surface area contributed by atoms with Crippen LogP contribution in [-0.4, -0.2) is 49.0 Å². The molecular weight excluding hydrogens is 863 g/mol. The number of rotatable bonds is 8. The Morgan fingerprint density at radius 1 is 0.729 bits per heavy atom. The first-order chi connectivity index (χ1) is 26.9. The van der Waals surface area contributed by atoms with Crippen LogP contribution >= 0.6 is 34.8 Å². The van der Waals surface area contributed by atoms with E-state index in [9.17, 15) is 9.59 Å². The molecule has 2 aromatic carbocycles. The minimum absolute atomic E-state index is 0. The van der Waals surface area contributed by atoms with Crippen molar-refractivity contribution in [3.63, 3.8) is 0 Å². The lowest BCUT2D eigenvalue weighted by molar-refractivity contribution is -0.284. The van der Waals surface area contributed by atoms with Gasteiger partial charge in [-0.25, -0.2) is 0 Å². The SMILES string of the molecule is C.C#CCC1(C/C=C/c2ccccc2Cl)COC(C)(C)OC1.CC(C)(C)C(=O)Cl.CC1(C)OCC(CC#CC(=O)C(C)(C)C)(C/C=C/c2ccccc2Cl)CO1.S=S=S. The van der Waals surface area contributed by atoms with E-state index in [4.69, 9.17) is 60.2 Å². The van der Waals surface area contributed by atoms with E-state index in [0.29, 0.717) is 39.3 Å². The second-order valence-corrected chi connectivity index (χ2v) is 20.2. The summed E-state index contributed by atoms with van der Waals surface area (Å²) in [6, 6.07) is 15.5. The number of halogens is 3. The summed E-state index contributed by atoms with van der Waals surface area (Å²) in [4.78, 5) is 22.3. The number of carbonyl (C=O) groups excluding carboxylic acids is 2. The highest BCUT2D eigenvalue weighted by atomic mass is 35.5. The van der Waals surface area contributed by atoms with Crippen LogP contribution < -0.4 is 0 Å². The number of carbonyl (C=O) groups is 2. The van der Waals surface area contributed by atoms with Gasteiger partial charge in [0, 0.05) is 75.8 Å². The Morgan fingerprint density at radius 3 is 1.37 bits per heavy atom. The fourth-order valence-electron chi connectivity index (χ4n) is 4.87. The molecule has 0 radical (unpaired) electrons.